The molecule has 0 saturated heterocycles. The number of benzene rings is 7. The van der Waals surface area contributed by atoms with E-state index in [1.54, 1.807) is 11.3 Å². The lowest BCUT2D eigenvalue weighted by molar-refractivity contribution is 0.620. The minimum Gasteiger partial charge on any atom is -0.436 e. The Hall–Kier alpha value is -6.50. The molecule has 0 amide bonds. The number of rotatable bonds is 5. The third kappa shape index (κ3) is 4.69. The first-order valence-electron chi connectivity index (χ1n) is 16.5. The molecule has 0 atom stereocenters. The minimum absolute atomic E-state index is 0.549. The van der Waals surface area contributed by atoms with Crippen molar-refractivity contribution in [2.24, 2.45) is 0 Å². The van der Waals surface area contributed by atoms with Crippen LogP contribution in [0.25, 0.3) is 98.8 Å². The molecule has 6 heteroatoms. The number of nitrogens with zero attached hydrogens (tertiary/aromatic N) is 4. The molecule has 0 N–H and O–H groups in total. The van der Waals surface area contributed by atoms with Crippen molar-refractivity contribution in [2.45, 2.75) is 0 Å². The van der Waals surface area contributed by atoms with Gasteiger partial charge in [0.05, 0.1) is 5.56 Å². The van der Waals surface area contributed by atoms with Gasteiger partial charge in [-0.25, -0.2) is 19.9 Å². The highest BCUT2D eigenvalue weighted by atomic mass is 32.1. The zero-order chi connectivity index (χ0) is 33.0. The highest BCUT2D eigenvalue weighted by Crippen LogP contribution is 2.45. The zero-order valence-corrected chi connectivity index (χ0v) is 27.4. The molecule has 50 heavy (non-hydrogen) atoms. The Morgan fingerprint density at radius 2 is 1.06 bits per heavy atom. The molecule has 234 valence electrons. The lowest BCUT2D eigenvalue weighted by atomic mass is 9.93. The average molecular weight is 659 g/mol. The first kappa shape index (κ1) is 28.5. The third-order valence-electron chi connectivity index (χ3n) is 9.17. The van der Waals surface area contributed by atoms with Crippen LogP contribution in [0.2, 0.25) is 0 Å². The standard InChI is InChI=1S/C44H26N4OS/c1-4-15-28(16-5-1)37-31-21-11-10-14-27(31)24-25-33(37)42-46-41(29-17-6-2-7-18-29)47-43(48-42)39-38-32-22-12-13-23-35(32)50-36(38)26-34-40(39)45-44(49-34)30-19-8-3-9-20-30/h1-26H. The van der Waals surface area contributed by atoms with E-state index in [2.05, 4.69) is 91.0 Å². The summed E-state index contributed by atoms with van der Waals surface area (Å²) < 4.78 is 8.76. The normalized spacial score (nSPS) is 11.6. The molecule has 0 radical (unpaired) electrons. The van der Waals surface area contributed by atoms with Crippen LogP contribution in [0.1, 0.15) is 0 Å². The molecule has 10 rings (SSSR count). The summed E-state index contributed by atoms with van der Waals surface area (Å²) in [7, 11) is 0. The van der Waals surface area contributed by atoms with Crippen molar-refractivity contribution in [3.63, 3.8) is 0 Å². The van der Waals surface area contributed by atoms with Crippen LogP contribution in [-0.2, 0) is 0 Å². The molecule has 0 unspecified atom stereocenters. The molecule has 0 fully saturated rings. The van der Waals surface area contributed by atoms with Gasteiger partial charge < -0.3 is 4.42 Å². The zero-order valence-electron chi connectivity index (χ0n) is 26.6. The van der Waals surface area contributed by atoms with E-state index in [0.717, 1.165) is 65.1 Å². The molecular weight excluding hydrogens is 633 g/mol. The van der Waals surface area contributed by atoms with Crippen LogP contribution in [0.15, 0.2) is 162 Å². The third-order valence-corrected chi connectivity index (χ3v) is 10.3. The molecule has 0 spiro atoms. The highest BCUT2D eigenvalue weighted by molar-refractivity contribution is 7.26. The lowest BCUT2D eigenvalue weighted by Crippen LogP contribution is -2.02. The van der Waals surface area contributed by atoms with Crippen molar-refractivity contribution < 1.29 is 4.42 Å². The van der Waals surface area contributed by atoms with E-state index in [4.69, 9.17) is 24.4 Å². The number of fused-ring (bicyclic) bond motifs is 5. The van der Waals surface area contributed by atoms with Gasteiger partial charge in [-0.1, -0.05) is 127 Å². The maximum absolute atomic E-state index is 6.50. The Morgan fingerprint density at radius 1 is 0.440 bits per heavy atom. The number of oxazole rings is 1. The Morgan fingerprint density at radius 3 is 1.84 bits per heavy atom. The molecule has 0 saturated carbocycles. The van der Waals surface area contributed by atoms with Crippen molar-refractivity contribution in [3.05, 3.63) is 158 Å². The van der Waals surface area contributed by atoms with Crippen molar-refractivity contribution in [1.29, 1.82) is 0 Å². The van der Waals surface area contributed by atoms with Crippen LogP contribution in [0.5, 0.6) is 0 Å². The van der Waals surface area contributed by atoms with E-state index in [-0.39, 0.29) is 0 Å². The lowest BCUT2D eigenvalue weighted by Gasteiger charge is -2.15. The Labute approximate surface area is 291 Å². The second kappa shape index (κ2) is 11.6. The van der Waals surface area contributed by atoms with Crippen LogP contribution in [0, 0.1) is 0 Å². The number of hydrogen-bond acceptors (Lipinski definition) is 6. The molecular formula is C44H26N4OS. The number of thiophene rings is 1. The van der Waals surface area contributed by atoms with Gasteiger partial charge in [-0.3, -0.25) is 0 Å². The van der Waals surface area contributed by atoms with Crippen molar-refractivity contribution in [2.75, 3.05) is 0 Å². The summed E-state index contributed by atoms with van der Waals surface area (Å²) in [6.07, 6.45) is 0. The first-order chi connectivity index (χ1) is 24.8. The minimum atomic E-state index is 0.549. The second-order valence-electron chi connectivity index (χ2n) is 12.2. The van der Waals surface area contributed by atoms with Crippen molar-refractivity contribution in [1.82, 2.24) is 19.9 Å². The van der Waals surface area contributed by atoms with E-state index in [0.29, 0.717) is 28.9 Å². The van der Waals surface area contributed by atoms with Crippen LogP contribution < -0.4 is 0 Å². The maximum Gasteiger partial charge on any atom is 0.227 e. The van der Waals surface area contributed by atoms with E-state index >= 15 is 0 Å². The molecule has 7 aromatic carbocycles. The number of hydrogen-bond donors (Lipinski definition) is 0. The van der Waals surface area contributed by atoms with Gasteiger partial charge in [0.15, 0.2) is 23.1 Å². The average Bonchev–Trinajstić information content (AvgIpc) is 3.79. The van der Waals surface area contributed by atoms with Crippen molar-refractivity contribution in [3.8, 4) is 56.7 Å². The summed E-state index contributed by atoms with van der Waals surface area (Å²) in [5.74, 6) is 2.29. The molecule has 0 aliphatic carbocycles. The summed E-state index contributed by atoms with van der Waals surface area (Å²) in [6, 6.07) is 54.0. The predicted molar refractivity (Wildman–Crippen MR) is 205 cm³/mol. The smallest absolute Gasteiger partial charge is 0.227 e. The monoisotopic (exact) mass is 658 g/mol. The highest BCUT2D eigenvalue weighted by Gasteiger charge is 2.24. The van der Waals surface area contributed by atoms with Crippen LogP contribution in [0.3, 0.4) is 0 Å². The Balaban J connectivity index is 1.33. The van der Waals surface area contributed by atoms with Crippen molar-refractivity contribution >= 4 is 53.4 Å². The molecule has 3 heterocycles. The van der Waals surface area contributed by atoms with Crippen LogP contribution >= 0.6 is 11.3 Å². The summed E-state index contributed by atoms with van der Waals surface area (Å²) in [6.45, 7) is 0. The van der Waals surface area contributed by atoms with E-state index < -0.39 is 0 Å². The predicted octanol–water partition coefficient (Wildman–Crippen LogP) is 11.9. The summed E-state index contributed by atoms with van der Waals surface area (Å²) in [4.78, 5) is 20.9. The fraction of sp³-hybridized carbons (Fsp3) is 0. The number of aromatic nitrogens is 4. The fourth-order valence-corrected chi connectivity index (χ4v) is 8.03. The van der Waals surface area contributed by atoms with Gasteiger partial charge in [0, 0.05) is 48.5 Å². The van der Waals surface area contributed by atoms with Crippen LogP contribution in [-0.4, -0.2) is 19.9 Å². The van der Waals surface area contributed by atoms with Gasteiger partial charge in [0.2, 0.25) is 5.89 Å². The largest absolute Gasteiger partial charge is 0.436 e. The Bertz CT molecular complexity index is 2860. The Kier molecular flexibility index (Phi) is 6.60. The maximum atomic E-state index is 6.50. The van der Waals surface area contributed by atoms with Gasteiger partial charge in [0.25, 0.3) is 0 Å². The van der Waals surface area contributed by atoms with E-state index in [1.807, 2.05) is 66.7 Å². The van der Waals surface area contributed by atoms with Crippen LogP contribution in [0.4, 0.5) is 0 Å². The van der Waals surface area contributed by atoms with E-state index in [9.17, 15) is 0 Å². The van der Waals surface area contributed by atoms with Gasteiger partial charge in [0.1, 0.15) is 5.52 Å². The molecule has 5 nitrogen and oxygen atoms in total. The van der Waals surface area contributed by atoms with Gasteiger partial charge in [-0.2, -0.15) is 0 Å². The van der Waals surface area contributed by atoms with Gasteiger partial charge in [-0.15, -0.1) is 11.3 Å². The molecule has 3 aromatic heterocycles. The summed E-state index contributed by atoms with van der Waals surface area (Å²) in [5.41, 5.74) is 7.17. The fourth-order valence-electron chi connectivity index (χ4n) is 6.89. The molecule has 0 bridgehead atoms. The molecule has 0 aliphatic heterocycles. The first-order valence-corrected chi connectivity index (χ1v) is 17.3. The quantitative estimate of drug-likeness (QED) is 0.184. The molecule has 0 aliphatic rings. The second-order valence-corrected chi connectivity index (χ2v) is 13.3. The molecule has 10 aromatic rings. The van der Waals surface area contributed by atoms with E-state index in [1.165, 1.54) is 4.70 Å². The summed E-state index contributed by atoms with van der Waals surface area (Å²) in [5, 5.41) is 4.48. The summed E-state index contributed by atoms with van der Waals surface area (Å²) >= 11 is 1.73. The van der Waals surface area contributed by atoms with Gasteiger partial charge in [-0.05, 0) is 40.6 Å². The topological polar surface area (TPSA) is 64.7 Å². The van der Waals surface area contributed by atoms with Gasteiger partial charge >= 0.3 is 0 Å². The SMILES string of the molecule is c1ccc(-c2nc(-c3ccc4ccccc4c3-c3ccccc3)nc(-c3c4nc(-c5ccccc5)oc4cc4sc5ccccc5c34)n2)cc1.